The highest BCUT2D eigenvalue weighted by Gasteiger charge is 2.23. The molecule has 1 heterocycles. The van der Waals surface area contributed by atoms with E-state index in [0.717, 1.165) is 5.56 Å². The monoisotopic (exact) mass is 519 g/mol. The lowest BCUT2D eigenvalue weighted by Gasteiger charge is -2.26. The summed E-state index contributed by atoms with van der Waals surface area (Å²) >= 11 is 12.2. The summed E-state index contributed by atoms with van der Waals surface area (Å²) in [5.74, 6) is -0.228. The molecule has 0 spiro atoms. The minimum atomic E-state index is -0.316. The van der Waals surface area contributed by atoms with Crippen LogP contribution < -0.4 is 15.4 Å². The predicted octanol–water partition coefficient (Wildman–Crippen LogP) is 4.11. The van der Waals surface area contributed by atoms with Gasteiger partial charge in [-0.1, -0.05) is 49.2 Å². The fourth-order valence-electron chi connectivity index (χ4n) is 3.76. The average molecular weight is 520 g/mol. The van der Waals surface area contributed by atoms with Crippen molar-refractivity contribution in [2.45, 2.75) is 39.2 Å². The summed E-state index contributed by atoms with van der Waals surface area (Å²) in [6, 6.07) is 11.7. The molecule has 1 aliphatic heterocycles. The lowest BCUT2D eigenvalue weighted by atomic mass is 10.1. The summed E-state index contributed by atoms with van der Waals surface area (Å²) in [6.45, 7) is 4.87. The van der Waals surface area contributed by atoms with E-state index in [4.69, 9.17) is 27.9 Å². The first-order chi connectivity index (χ1) is 16.7. The van der Waals surface area contributed by atoms with Crippen molar-refractivity contribution < 1.29 is 19.1 Å². The molecule has 35 heavy (non-hydrogen) atoms. The maximum atomic E-state index is 13.1. The molecule has 1 atom stereocenters. The molecule has 0 aliphatic carbocycles. The van der Waals surface area contributed by atoms with E-state index in [2.05, 4.69) is 10.6 Å². The van der Waals surface area contributed by atoms with Crippen LogP contribution in [0.2, 0.25) is 10.0 Å². The molecule has 188 valence electrons. The van der Waals surface area contributed by atoms with Gasteiger partial charge >= 0.3 is 0 Å². The number of nitrogens with one attached hydrogen (secondary N) is 2. The van der Waals surface area contributed by atoms with Crippen LogP contribution in [0, 0.1) is 5.92 Å². The summed E-state index contributed by atoms with van der Waals surface area (Å²) in [6.07, 6.45) is 1.42. The zero-order chi connectivity index (χ0) is 25.4. The molecule has 9 heteroatoms. The number of rotatable bonds is 3. The topological polar surface area (TPSA) is 87.7 Å². The smallest absolute Gasteiger partial charge is 0.255 e. The molecule has 0 saturated heterocycles. The van der Waals surface area contributed by atoms with Crippen molar-refractivity contribution in [2.24, 2.45) is 5.92 Å². The Bertz CT molecular complexity index is 1060. The quantitative estimate of drug-likeness (QED) is 0.638. The van der Waals surface area contributed by atoms with E-state index in [0.29, 0.717) is 47.3 Å². The van der Waals surface area contributed by atoms with Gasteiger partial charge in [0.25, 0.3) is 5.91 Å². The number of carbonyl (C=O) groups excluding carboxylic acids is 3. The largest absolute Gasteiger partial charge is 0.491 e. The maximum absolute atomic E-state index is 13.1. The van der Waals surface area contributed by atoms with E-state index < -0.39 is 0 Å². The third kappa shape index (κ3) is 8.15. The number of amides is 3. The molecular formula is C26H31Cl2N3O4. The van der Waals surface area contributed by atoms with Gasteiger partial charge in [0, 0.05) is 23.1 Å². The third-order valence-electron chi connectivity index (χ3n) is 5.83. The van der Waals surface area contributed by atoms with Crippen molar-refractivity contribution in [3.8, 4) is 5.75 Å². The summed E-state index contributed by atoms with van der Waals surface area (Å²) < 4.78 is 5.95. The van der Waals surface area contributed by atoms with Crippen LogP contribution in [0.4, 0.5) is 0 Å². The van der Waals surface area contributed by atoms with Crippen molar-refractivity contribution in [1.29, 1.82) is 0 Å². The standard InChI is InChI=1S/C26H31Cl2N3O4/c1-17(2)22-16-35-23-9-8-20(28)14-21(23)26(34)29-10-3-4-11-31(15-24(32)30-22)25(33)13-18-6-5-7-19(27)12-18/h5-9,12,14,17,22H,3-4,10-11,13,15-16H2,1-2H3,(H,29,34)(H,30,32)/t22-/m1/s1. The minimum Gasteiger partial charge on any atom is -0.491 e. The van der Waals surface area contributed by atoms with Gasteiger partial charge in [-0.3, -0.25) is 14.4 Å². The van der Waals surface area contributed by atoms with Crippen LogP contribution in [0.25, 0.3) is 0 Å². The Morgan fingerprint density at radius 2 is 1.89 bits per heavy atom. The van der Waals surface area contributed by atoms with Crippen LogP contribution in [0.3, 0.4) is 0 Å². The van der Waals surface area contributed by atoms with Crippen LogP contribution in [0.5, 0.6) is 5.75 Å². The van der Waals surface area contributed by atoms with Gasteiger partial charge in [0.1, 0.15) is 12.4 Å². The van der Waals surface area contributed by atoms with Crippen molar-refractivity contribution in [1.82, 2.24) is 15.5 Å². The molecule has 3 rings (SSSR count). The van der Waals surface area contributed by atoms with E-state index >= 15 is 0 Å². The Balaban J connectivity index is 1.77. The van der Waals surface area contributed by atoms with E-state index in [1.165, 1.54) is 0 Å². The van der Waals surface area contributed by atoms with E-state index in [1.54, 1.807) is 41.3 Å². The highest BCUT2D eigenvalue weighted by atomic mass is 35.5. The highest BCUT2D eigenvalue weighted by molar-refractivity contribution is 6.31. The van der Waals surface area contributed by atoms with Gasteiger partial charge in [0.15, 0.2) is 0 Å². The second-order valence-electron chi connectivity index (χ2n) is 8.95. The van der Waals surface area contributed by atoms with E-state index in [1.807, 2.05) is 19.9 Å². The van der Waals surface area contributed by atoms with Gasteiger partial charge in [0.2, 0.25) is 11.8 Å². The third-order valence-corrected chi connectivity index (χ3v) is 6.30. The fourth-order valence-corrected chi connectivity index (χ4v) is 4.15. The zero-order valence-electron chi connectivity index (χ0n) is 20.0. The highest BCUT2D eigenvalue weighted by Crippen LogP contribution is 2.24. The van der Waals surface area contributed by atoms with Crippen LogP contribution >= 0.6 is 23.2 Å². The SMILES string of the molecule is CC(C)[C@H]1COc2ccc(Cl)cc2C(=O)NCCCCN(C(=O)Cc2cccc(Cl)c2)CC(=O)N1. The predicted molar refractivity (Wildman–Crippen MR) is 137 cm³/mol. The Morgan fingerprint density at radius 3 is 2.63 bits per heavy atom. The number of benzene rings is 2. The summed E-state index contributed by atoms with van der Waals surface area (Å²) in [5, 5.41) is 6.87. The molecule has 7 nitrogen and oxygen atoms in total. The second kappa shape index (κ2) is 12.8. The van der Waals surface area contributed by atoms with Crippen LogP contribution in [0.1, 0.15) is 42.6 Å². The minimum absolute atomic E-state index is 0.0544. The Hall–Kier alpha value is -2.77. The normalized spacial score (nSPS) is 18.0. The molecule has 2 aromatic rings. The van der Waals surface area contributed by atoms with Crippen molar-refractivity contribution in [2.75, 3.05) is 26.2 Å². The first-order valence-electron chi connectivity index (χ1n) is 11.7. The van der Waals surface area contributed by atoms with Crippen molar-refractivity contribution in [3.63, 3.8) is 0 Å². The summed E-state index contributed by atoms with van der Waals surface area (Å²) in [7, 11) is 0. The Morgan fingerprint density at radius 1 is 1.11 bits per heavy atom. The molecule has 0 radical (unpaired) electrons. The van der Waals surface area contributed by atoms with Gasteiger partial charge in [-0.2, -0.15) is 0 Å². The Kier molecular flexibility index (Phi) is 9.81. The van der Waals surface area contributed by atoms with Crippen LogP contribution in [-0.2, 0) is 16.0 Å². The number of nitrogens with zero attached hydrogens (tertiary/aromatic N) is 1. The first kappa shape index (κ1) is 26.8. The van der Waals surface area contributed by atoms with E-state index in [9.17, 15) is 14.4 Å². The van der Waals surface area contributed by atoms with Crippen LogP contribution in [0.15, 0.2) is 42.5 Å². The molecule has 1 aliphatic rings. The summed E-state index contributed by atoms with van der Waals surface area (Å²) in [4.78, 5) is 40.3. The number of hydrogen-bond donors (Lipinski definition) is 2. The molecule has 0 fully saturated rings. The number of fused-ring (bicyclic) bond motifs is 1. The van der Waals surface area contributed by atoms with Gasteiger partial charge in [0.05, 0.1) is 24.6 Å². The molecule has 0 unspecified atom stereocenters. The van der Waals surface area contributed by atoms with Crippen molar-refractivity contribution >= 4 is 40.9 Å². The van der Waals surface area contributed by atoms with Gasteiger partial charge in [-0.05, 0) is 54.7 Å². The lowest BCUT2D eigenvalue weighted by molar-refractivity contribution is -0.136. The zero-order valence-corrected chi connectivity index (χ0v) is 21.5. The van der Waals surface area contributed by atoms with Gasteiger partial charge in [-0.15, -0.1) is 0 Å². The molecule has 2 aromatic carbocycles. The molecule has 0 bridgehead atoms. The Labute approximate surface area is 216 Å². The number of carbonyl (C=O) groups is 3. The number of hydrogen-bond acceptors (Lipinski definition) is 4. The van der Waals surface area contributed by atoms with Crippen LogP contribution in [-0.4, -0.2) is 54.9 Å². The molecular weight excluding hydrogens is 489 g/mol. The summed E-state index contributed by atoms with van der Waals surface area (Å²) in [5.41, 5.74) is 1.13. The number of ether oxygens (including phenoxy) is 1. The molecule has 2 N–H and O–H groups in total. The first-order valence-corrected chi connectivity index (χ1v) is 12.5. The molecule has 3 amide bonds. The van der Waals surface area contributed by atoms with E-state index in [-0.39, 0.29) is 49.3 Å². The molecule has 0 saturated carbocycles. The van der Waals surface area contributed by atoms with Crippen molar-refractivity contribution in [3.05, 3.63) is 63.6 Å². The number of halogens is 2. The fraction of sp³-hybridized carbons (Fsp3) is 0.423. The average Bonchev–Trinajstić information content (AvgIpc) is 2.80. The van der Waals surface area contributed by atoms with Gasteiger partial charge in [-0.25, -0.2) is 0 Å². The lowest BCUT2D eigenvalue weighted by Crippen LogP contribution is -2.48. The molecule has 0 aromatic heterocycles. The van der Waals surface area contributed by atoms with Gasteiger partial charge < -0.3 is 20.3 Å². The second-order valence-corrected chi connectivity index (χ2v) is 9.83. The maximum Gasteiger partial charge on any atom is 0.255 e.